The maximum Gasteiger partial charge on any atom is 0.322 e. The van der Waals surface area contributed by atoms with Gasteiger partial charge in [0.15, 0.2) is 6.61 Å². The predicted octanol–water partition coefficient (Wildman–Crippen LogP) is 0.171. The molecule has 0 bridgehead atoms. The van der Waals surface area contributed by atoms with Crippen LogP contribution in [0.5, 0.6) is 0 Å². The van der Waals surface area contributed by atoms with Crippen molar-refractivity contribution in [3.63, 3.8) is 0 Å². The van der Waals surface area contributed by atoms with Crippen LogP contribution >= 0.6 is 0 Å². The first-order valence-corrected chi connectivity index (χ1v) is 6.22. The fourth-order valence-electron chi connectivity index (χ4n) is 1.01. The number of hydrogen-bond donors (Lipinski definition) is 1. The van der Waals surface area contributed by atoms with Gasteiger partial charge in [0.25, 0.3) is 0 Å². The summed E-state index contributed by atoms with van der Waals surface area (Å²) in [5.74, 6) is -1.44. The highest BCUT2D eigenvalue weighted by molar-refractivity contribution is 7.89. The standard InChI is InChI=1S/C10H9FN2O4S/c11-8-1-3-9(4-2-8)18(15,16)13-7-10(14)17-6-5-12/h1-4,13H,6-7H2. The zero-order valence-electron chi connectivity index (χ0n) is 9.09. The van der Waals surface area contributed by atoms with Crippen LogP contribution in [0.3, 0.4) is 0 Å². The van der Waals surface area contributed by atoms with Crippen LogP contribution in [0.4, 0.5) is 4.39 Å². The minimum Gasteiger partial charge on any atom is -0.449 e. The van der Waals surface area contributed by atoms with Gasteiger partial charge in [-0.2, -0.15) is 9.98 Å². The Balaban J connectivity index is 2.63. The van der Waals surface area contributed by atoms with Gasteiger partial charge in [-0.15, -0.1) is 0 Å². The van der Waals surface area contributed by atoms with Crippen LogP contribution < -0.4 is 4.72 Å². The SMILES string of the molecule is N#CCOC(=O)CNS(=O)(=O)c1ccc(F)cc1. The van der Waals surface area contributed by atoms with E-state index in [1.54, 1.807) is 6.07 Å². The lowest BCUT2D eigenvalue weighted by Crippen LogP contribution is -2.30. The van der Waals surface area contributed by atoms with Crippen molar-refractivity contribution in [1.82, 2.24) is 4.72 Å². The molecule has 0 aliphatic heterocycles. The van der Waals surface area contributed by atoms with Gasteiger partial charge in [0.05, 0.1) is 4.90 Å². The van der Waals surface area contributed by atoms with Gasteiger partial charge in [0, 0.05) is 0 Å². The zero-order chi connectivity index (χ0) is 13.6. The number of sulfonamides is 1. The van der Waals surface area contributed by atoms with Crippen molar-refractivity contribution in [3.05, 3.63) is 30.1 Å². The molecule has 6 nitrogen and oxygen atoms in total. The van der Waals surface area contributed by atoms with Gasteiger partial charge in [-0.1, -0.05) is 0 Å². The first kappa shape index (κ1) is 14.1. The van der Waals surface area contributed by atoms with Crippen LogP contribution in [-0.2, 0) is 19.6 Å². The third kappa shape index (κ3) is 4.12. The number of nitrogens with one attached hydrogen (secondary N) is 1. The smallest absolute Gasteiger partial charge is 0.322 e. The first-order chi connectivity index (χ1) is 8.45. The summed E-state index contributed by atoms with van der Waals surface area (Å²) < 4.78 is 42.2. The Bertz CT molecular complexity index is 563. The highest BCUT2D eigenvalue weighted by Gasteiger charge is 2.15. The third-order valence-electron chi connectivity index (χ3n) is 1.83. The molecule has 0 aliphatic carbocycles. The Morgan fingerprint density at radius 2 is 2.00 bits per heavy atom. The molecule has 1 N–H and O–H groups in total. The molecule has 0 aliphatic rings. The van der Waals surface area contributed by atoms with E-state index in [1.165, 1.54) is 0 Å². The fraction of sp³-hybridized carbons (Fsp3) is 0.200. The summed E-state index contributed by atoms with van der Waals surface area (Å²) in [5.41, 5.74) is 0. The Morgan fingerprint density at radius 3 is 2.56 bits per heavy atom. The number of nitriles is 1. The molecule has 1 rings (SSSR count). The second-order valence-electron chi connectivity index (χ2n) is 3.10. The topological polar surface area (TPSA) is 96.3 Å². The number of benzene rings is 1. The van der Waals surface area contributed by atoms with E-state index >= 15 is 0 Å². The van der Waals surface area contributed by atoms with E-state index in [0.29, 0.717) is 0 Å². The number of nitrogens with zero attached hydrogens (tertiary/aromatic N) is 1. The maximum atomic E-state index is 12.6. The molecular weight excluding hydrogens is 263 g/mol. The molecule has 0 atom stereocenters. The monoisotopic (exact) mass is 272 g/mol. The van der Waals surface area contributed by atoms with Gasteiger partial charge in [-0.25, -0.2) is 12.8 Å². The highest BCUT2D eigenvalue weighted by atomic mass is 32.2. The van der Waals surface area contributed by atoms with E-state index in [-0.39, 0.29) is 4.90 Å². The zero-order valence-corrected chi connectivity index (χ0v) is 9.91. The quantitative estimate of drug-likeness (QED) is 0.771. The van der Waals surface area contributed by atoms with Gasteiger partial charge in [0.2, 0.25) is 10.0 Å². The molecule has 0 saturated heterocycles. The molecule has 0 heterocycles. The third-order valence-corrected chi connectivity index (χ3v) is 3.25. The molecule has 8 heteroatoms. The maximum absolute atomic E-state index is 12.6. The predicted molar refractivity (Wildman–Crippen MR) is 58.2 cm³/mol. The Hall–Kier alpha value is -1.98. The lowest BCUT2D eigenvalue weighted by molar-refractivity contribution is -0.140. The van der Waals surface area contributed by atoms with Gasteiger partial charge in [0.1, 0.15) is 18.4 Å². The van der Waals surface area contributed by atoms with Crippen molar-refractivity contribution in [2.75, 3.05) is 13.2 Å². The van der Waals surface area contributed by atoms with E-state index in [0.717, 1.165) is 24.3 Å². The molecule has 18 heavy (non-hydrogen) atoms. The van der Waals surface area contributed by atoms with E-state index in [1.807, 2.05) is 4.72 Å². The number of ether oxygens (including phenoxy) is 1. The molecule has 0 saturated carbocycles. The second-order valence-corrected chi connectivity index (χ2v) is 4.86. The van der Waals surface area contributed by atoms with Gasteiger partial charge in [-0.05, 0) is 24.3 Å². The normalized spacial score (nSPS) is 10.7. The minimum absolute atomic E-state index is 0.169. The number of esters is 1. The van der Waals surface area contributed by atoms with Gasteiger partial charge < -0.3 is 4.74 Å². The average molecular weight is 272 g/mol. The van der Waals surface area contributed by atoms with Gasteiger partial charge >= 0.3 is 5.97 Å². The first-order valence-electron chi connectivity index (χ1n) is 4.73. The number of carbonyl (C=O) groups excluding carboxylic acids is 1. The molecule has 96 valence electrons. The highest BCUT2D eigenvalue weighted by Crippen LogP contribution is 2.09. The molecule has 0 aromatic heterocycles. The van der Waals surface area contributed by atoms with Crippen molar-refractivity contribution in [3.8, 4) is 6.07 Å². The molecule has 0 amide bonds. The molecule has 0 spiro atoms. The van der Waals surface area contributed by atoms with Crippen molar-refractivity contribution in [2.24, 2.45) is 0 Å². The van der Waals surface area contributed by atoms with Crippen LogP contribution in [-0.4, -0.2) is 27.5 Å². The molecular formula is C10H9FN2O4S. The Kier molecular flexibility index (Phi) is 4.76. The summed E-state index contributed by atoms with van der Waals surface area (Å²) in [5, 5.41) is 8.15. The van der Waals surface area contributed by atoms with Crippen LogP contribution in [0.25, 0.3) is 0 Å². The van der Waals surface area contributed by atoms with E-state index in [4.69, 9.17) is 5.26 Å². The minimum atomic E-state index is -3.90. The van der Waals surface area contributed by atoms with Crippen molar-refractivity contribution in [1.29, 1.82) is 5.26 Å². The lowest BCUT2D eigenvalue weighted by Gasteiger charge is -2.05. The molecule has 1 aromatic carbocycles. The van der Waals surface area contributed by atoms with Crippen molar-refractivity contribution >= 4 is 16.0 Å². The van der Waals surface area contributed by atoms with Crippen molar-refractivity contribution in [2.45, 2.75) is 4.90 Å². The molecule has 0 unspecified atom stereocenters. The second kappa shape index (κ2) is 6.09. The summed E-state index contributed by atoms with van der Waals surface area (Å²) in [6.07, 6.45) is 0. The Morgan fingerprint density at radius 1 is 1.39 bits per heavy atom. The van der Waals surface area contributed by atoms with Crippen LogP contribution in [0.15, 0.2) is 29.2 Å². The summed E-state index contributed by atoms with van der Waals surface area (Å²) in [7, 11) is -3.90. The van der Waals surface area contributed by atoms with Crippen LogP contribution in [0.1, 0.15) is 0 Å². The largest absolute Gasteiger partial charge is 0.449 e. The van der Waals surface area contributed by atoms with E-state index in [9.17, 15) is 17.6 Å². The van der Waals surface area contributed by atoms with E-state index in [2.05, 4.69) is 4.74 Å². The fourth-order valence-corrected chi connectivity index (χ4v) is 1.98. The van der Waals surface area contributed by atoms with Gasteiger partial charge in [-0.3, -0.25) is 4.79 Å². The molecule has 0 fully saturated rings. The molecule has 0 radical (unpaired) electrons. The summed E-state index contributed by atoms with van der Waals surface area (Å²) in [6.45, 7) is -1.04. The molecule has 1 aromatic rings. The van der Waals surface area contributed by atoms with E-state index < -0.39 is 35.0 Å². The number of hydrogen-bond acceptors (Lipinski definition) is 5. The summed E-state index contributed by atoms with van der Waals surface area (Å²) in [6, 6.07) is 5.68. The average Bonchev–Trinajstić information content (AvgIpc) is 2.34. The Labute approximate surface area is 103 Å². The summed E-state index contributed by atoms with van der Waals surface area (Å²) in [4.78, 5) is 10.8. The lowest BCUT2D eigenvalue weighted by atomic mass is 10.4. The summed E-state index contributed by atoms with van der Waals surface area (Å²) >= 11 is 0. The van der Waals surface area contributed by atoms with Crippen LogP contribution in [0.2, 0.25) is 0 Å². The number of halogens is 1. The van der Waals surface area contributed by atoms with Crippen LogP contribution in [0, 0.1) is 17.1 Å². The number of carbonyl (C=O) groups is 1. The number of rotatable bonds is 5. The van der Waals surface area contributed by atoms with Crippen molar-refractivity contribution < 1.29 is 22.3 Å².